The predicted molar refractivity (Wildman–Crippen MR) is 71.5 cm³/mol. The number of halogens is 5. The zero-order chi connectivity index (χ0) is 15.8. The van der Waals surface area contributed by atoms with Gasteiger partial charge in [0.15, 0.2) is 0 Å². The molecule has 8 heteroatoms. The van der Waals surface area contributed by atoms with E-state index >= 15 is 0 Å². The highest BCUT2D eigenvalue weighted by atomic mass is 35.5. The Hall–Kier alpha value is -1.40. The number of hydrogen-bond donors (Lipinski definition) is 0. The average Bonchev–Trinajstić information content (AvgIpc) is 2.36. The van der Waals surface area contributed by atoms with Gasteiger partial charge in [0.2, 0.25) is 6.10 Å². The molecule has 21 heavy (non-hydrogen) atoms. The fourth-order valence-electron chi connectivity index (χ4n) is 1.86. The molecule has 1 aromatic rings. The van der Waals surface area contributed by atoms with Crippen LogP contribution in [0.1, 0.15) is 12.5 Å². The van der Waals surface area contributed by atoms with Gasteiger partial charge in [0, 0.05) is 10.6 Å². The molecule has 0 spiro atoms. The molecule has 114 valence electrons. The first-order chi connectivity index (χ1) is 9.74. The molecule has 0 aliphatic carbocycles. The predicted octanol–water partition coefficient (Wildman–Crippen LogP) is 4.26. The molecule has 0 aromatic heterocycles. The number of hydrogen-bond acceptors (Lipinski definition) is 3. The number of esters is 1. The maximum Gasteiger partial charge on any atom is 0.430 e. The first-order valence-electron chi connectivity index (χ1n) is 5.85. The van der Waals surface area contributed by atoms with Crippen LogP contribution in [-0.2, 0) is 9.53 Å². The lowest BCUT2D eigenvalue weighted by atomic mass is 10.0. The van der Waals surface area contributed by atoms with Gasteiger partial charge in [0.05, 0.1) is 17.2 Å². The quantitative estimate of drug-likeness (QED) is 0.754. The lowest BCUT2D eigenvalue weighted by molar-refractivity contribution is -0.187. The number of benzene rings is 1. The molecule has 0 unspecified atom stereocenters. The number of alkyl halides is 3. The molecule has 0 N–H and O–H groups in total. The lowest BCUT2D eigenvalue weighted by Gasteiger charge is -2.28. The third kappa shape index (κ3) is 3.27. The molecule has 0 radical (unpaired) electrons. The van der Waals surface area contributed by atoms with Crippen LogP contribution in [0.15, 0.2) is 17.7 Å². The Morgan fingerprint density at radius 2 is 2.05 bits per heavy atom. The number of ether oxygens (including phenoxy) is 2. The van der Waals surface area contributed by atoms with Gasteiger partial charge in [0.1, 0.15) is 5.75 Å². The van der Waals surface area contributed by atoms with E-state index in [0.29, 0.717) is 0 Å². The smallest absolute Gasteiger partial charge is 0.430 e. The molecular formula is C13H9Cl2F3O3. The van der Waals surface area contributed by atoms with Crippen LogP contribution in [0.25, 0.3) is 6.08 Å². The van der Waals surface area contributed by atoms with Crippen LogP contribution < -0.4 is 4.74 Å². The largest absolute Gasteiger partial charge is 0.474 e. The van der Waals surface area contributed by atoms with E-state index in [9.17, 15) is 18.0 Å². The fraction of sp³-hybridized carbons (Fsp3) is 0.308. The van der Waals surface area contributed by atoms with E-state index in [1.165, 1.54) is 19.1 Å². The lowest BCUT2D eigenvalue weighted by Crippen LogP contribution is -2.40. The summed E-state index contributed by atoms with van der Waals surface area (Å²) in [4.78, 5) is 11.7. The Morgan fingerprint density at radius 3 is 2.62 bits per heavy atom. The van der Waals surface area contributed by atoms with Crippen molar-refractivity contribution in [3.63, 3.8) is 0 Å². The molecule has 1 heterocycles. The highest BCUT2D eigenvalue weighted by molar-refractivity contribution is 6.36. The molecule has 1 aliphatic heterocycles. The van der Waals surface area contributed by atoms with E-state index in [1.54, 1.807) is 0 Å². The Bertz CT molecular complexity index is 611. The van der Waals surface area contributed by atoms with Crippen molar-refractivity contribution in [2.45, 2.75) is 19.2 Å². The fourth-order valence-corrected chi connectivity index (χ4v) is 2.41. The van der Waals surface area contributed by atoms with Gasteiger partial charge in [-0.2, -0.15) is 13.2 Å². The summed E-state index contributed by atoms with van der Waals surface area (Å²) >= 11 is 11.6. The summed E-state index contributed by atoms with van der Waals surface area (Å²) in [5, 5.41) is 0.151. The summed E-state index contributed by atoms with van der Waals surface area (Å²) in [5.41, 5.74) is -0.453. The van der Waals surface area contributed by atoms with E-state index in [2.05, 4.69) is 4.74 Å². The zero-order valence-corrected chi connectivity index (χ0v) is 12.1. The number of rotatable bonds is 2. The second-order valence-corrected chi connectivity index (χ2v) is 5.01. The summed E-state index contributed by atoms with van der Waals surface area (Å²) in [6.45, 7) is 1.44. The summed E-state index contributed by atoms with van der Waals surface area (Å²) in [6, 6.07) is 2.62. The highest BCUT2D eigenvalue weighted by Crippen LogP contribution is 2.42. The minimum atomic E-state index is -4.78. The van der Waals surface area contributed by atoms with Crippen molar-refractivity contribution in [2.24, 2.45) is 0 Å². The molecular weight excluding hydrogens is 332 g/mol. The maximum absolute atomic E-state index is 13.1. The first-order valence-corrected chi connectivity index (χ1v) is 6.60. The van der Waals surface area contributed by atoms with Crippen molar-refractivity contribution < 1.29 is 27.4 Å². The van der Waals surface area contributed by atoms with Gasteiger partial charge >= 0.3 is 12.1 Å². The Morgan fingerprint density at radius 1 is 1.38 bits per heavy atom. The van der Waals surface area contributed by atoms with Gasteiger partial charge in [-0.15, -0.1) is 0 Å². The summed E-state index contributed by atoms with van der Waals surface area (Å²) in [6.07, 6.45) is -6.17. The second kappa shape index (κ2) is 5.77. The zero-order valence-electron chi connectivity index (χ0n) is 10.6. The third-order valence-electron chi connectivity index (χ3n) is 2.67. The molecule has 1 atom stereocenters. The molecule has 2 rings (SSSR count). The highest BCUT2D eigenvalue weighted by Gasteiger charge is 2.49. The van der Waals surface area contributed by atoms with Crippen molar-refractivity contribution in [3.8, 4) is 5.75 Å². The topological polar surface area (TPSA) is 35.5 Å². The van der Waals surface area contributed by atoms with Crippen LogP contribution in [0.4, 0.5) is 13.2 Å². The minimum absolute atomic E-state index is 0.0517. The van der Waals surface area contributed by atoms with Crippen LogP contribution in [0.5, 0.6) is 5.75 Å². The Kier molecular flexibility index (Phi) is 4.39. The van der Waals surface area contributed by atoms with Gasteiger partial charge in [-0.25, -0.2) is 4.79 Å². The molecule has 0 saturated heterocycles. The number of carbonyl (C=O) groups excluding carboxylic acids is 1. The van der Waals surface area contributed by atoms with Crippen molar-refractivity contribution in [1.29, 1.82) is 0 Å². The van der Waals surface area contributed by atoms with Crippen molar-refractivity contribution >= 4 is 35.2 Å². The molecule has 0 amide bonds. The molecule has 1 aliphatic rings. The van der Waals surface area contributed by atoms with Crippen molar-refractivity contribution in [2.75, 3.05) is 6.61 Å². The molecule has 0 fully saturated rings. The van der Waals surface area contributed by atoms with Gasteiger partial charge in [-0.05, 0) is 25.1 Å². The van der Waals surface area contributed by atoms with Crippen LogP contribution in [-0.4, -0.2) is 24.9 Å². The molecule has 0 saturated carbocycles. The Balaban J connectivity index is 2.55. The third-order valence-corrected chi connectivity index (χ3v) is 3.17. The standard InChI is InChI=1S/C13H9Cl2F3O3/c1-2-20-12(19)8-4-6-3-7(14)5-9(15)10(6)21-11(8)13(16,17)18/h3-5,11H,2H2,1H3/t11-/m1/s1. The normalized spacial score (nSPS) is 17.6. The molecule has 3 nitrogen and oxygen atoms in total. The molecule has 0 bridgehead atoms. The van der Waals surface area contributed by atoms with E-state index in [1.807, 2.05) is 0 Å². The van der Waals surface area contributed by atoms with E-state index in [0.717, 1.165) is 6.08 Å². The SMILES string of the molecule is CCOC(=O)C1=Cc2cc(Cl)cc(Cl)c2O[C@H]1C(F)(F)F. The average molecular weight is 341 g/mol. The first kappa shape index (κ1) is 16.0. The minimum Gasteiger partial charge on any atom is -0.474 e. The molecule has 1 aromatic carbocycles. The van der Waals surface area contributed by atoms with Gasteiger partial charge in [-0.1, -0.05) is 23.2 Å². The summed E-state index contributed by atoms with van der Waals surface area (Å²) in [7, 11) is 0. The van der Waals surface area contributed by atoms with E-state index in [4.69, 9.17) is 27.9 Å². The number of carbonyl (C=O) groups is 1. The van der Waals surface area contributed by atoms with Crippen molar-refractivity contribution in [3.05, 3.63) is 33.3 Å². The van der Waals surface area contributed by atoms with Gasteiger partial charge < -0.3 is 9.47 Å². The van der Waals surface area contributed by atoms with Gasteiger partial charge in [0.25, 0.3) is 0 Å². The van der Waals surface area contributed by atoms with Crippen LogP contribution in [0, 0.1) is 0 Å². The monoisotopic (exact) mass is 340 g/mol. The van der Waals surface area contributed by atoms with Crippen LogP contribution >= 0.6 is 23.2 Å². The summed E-state index contributed by atoms with van der Waals surface area (Å²) in [5.74, 6) is -1.27. The Labute approximate surface area is 128 Å². The number of fused-ring (bicyclic) bond motifs is 1. The van der Waals surface area contributed by atoms with E-state index in [-0.39, 0.29) is 28.0 Å². The van der Waals surface area contributed by atoms with Crippen molar-refractivity contribution in [1.82, 2.24) is 0 Å². The van der Waals surface area contributed by atoms with Crippen LogP contribution in [0.2, 0.25) is 10.0 Å². The maximum atomic E-state index is 13.1. The van der Waals surface area contributed by atoms with Gasteiger partial charge in [-0.3, -0.25) is 0 Å². The van der Waals surface area contributed by atoms with E-state index < -0.39 is 23.8 Å². The summed E-state index contributed by atoms with van der Waals surface area (Å²) < 4.78 is 48.7. The second-order valence-electron chi connectivity index (χ2n) is 4.17. The van der Waals surface area contributed by atoms with Crippen LogP contribution in [0.3, 0.4) is 0 Å².